The van der Waals surface area contributed by atoms with Crippen molar-refractivity contribution < 1.29 is 13.9 Å². The van der Waals surface area contributed by atoms with Gasteiger partial charge in [0, 0.05) is 47.0 Å². The van der Waals surface area contributed by atoms with Crippen LogP contribution in [0.2, 0.25) is 0 Å². The predicted octanol–water partition coefficient (Wildman–Crippen LogP) is 5.32. The number of likely N-dealkylation sites (N-methyl/N-ethyl adjacent to an activating group) is 1. The number of rotatable bonds is 8. The van der Waals surface area contributed by atoms with Crippen LogP contribution in [0, 0.1) is 5.82 Å². The summed E-state index contributed by atoms with van der Waals surface area (Å²) in [7, 11) is 5.51. The first-order valence-electron chi connectivity index (χ1n) is 12.4. The zero-order valence-corrected chi connectivity index (χ0v) is 21.7. The maximum atomic E-state index is 14.2. The van der Waals surface area contributed by atoms with Crippen LogP contribution in [-0.4, -0.2) is 69.4 Å². The van der Waals surface area contributed by atoms with Crippen molar-refractivity contribution in [1.29, 1.82) is 0 Å². The van der Waals surface area contributed by atoms with Gasteiger partial charge in [0.05, 0.1) is 35.9 Å². The van der Waals surface area contributed by atoms with Crippen LogP contribution in [0.5, 0.6) is 11.5 Å². The number of nitrogens with zero attached hydrogens (tertiary/aromatic N) is 5. The monoisotopic (exact) mass is 523 g/mol. The van der Waals surface area contributed by atoms with Crippen LogP contribution >= 0.6 is 0 Å². The molecule has 0 saturated carbocycles. The van der Waals surface area contributed by atoms with E-state index in [-0.39, 0.29) is 0 Å². The summed E-state index contributed by atoms with van der Waals surface area (Å²) in [6, 6.07) is 14.2. The smallest absolute Gasteiger partial charge is 0.138 e. The molecule has 0 fully saturated rings. The Kier molecular flexibility index (Phi) is 6.37. The average molecular weight is 524 g/mol. The molecule has 1 aromatic carbocycles. The third kappa shape index (κ3) is 4.89. The van der Waals surface area contributed by atoms with Crippen LogP contribution in [0.1, 0.15) is 0 Å². The SMILES string of the molecule is COc1cc(F)cc(-c2nccc3[nH]c(-c4n[nH]c5ccc(-c6cncc(OCCN(C)C)c6)nc45)cc23)c1. The normalized spacial score (nSPS) is 11.5. The lowest BCUT2D eigenvalue weighted by atomic mass is 10.1. The molecule has 9 nitrogen and oxygen atoms in total. The van der Waals surface area contributed by atoms with E-state index < -0.39 is 5.82 Å². The van der Waals surface area contributed by atoms with Gasteiger partial charge in [0.2, 0.25) is 0 Å². The number of hydrogen-bond donors (Lipinski definition) is 2. The van der Waals surface area contributed by atoms with Gasteiger partial charge in [-0.3, -0.25) is 15.1 Å². The van der Waals surface area contributed by atoms with Crippen molar-refractivity contribution in [2.24, 2.45) is 0 Å². The van der Waals surface area contributed by atoms with Gasteiger partial charge < -0.3 is 19.4 Å². The van der Waals surface area contributed by atoms with Gasteiger partial charge in [0.25, 0.3) is 0 Å². The van der Waals surface area contributed by atoms with Gasteiger partial charge >= 0.3 is 0 Å². The lowest BCUT2D eigenvalue weighted by Crippen LogP contribution is -2.19. The highest BCUT2D eigenvalue weighted by Crippen LogP contribution is 2.34. The summed E-state index contributed by atoms with van der Waals surface area (Å²) in [5.74, 6) is 0.722. The maximum Gasteiger partial charge on any atom is 0.138 e. The fourth-order valence-corrected chi connectivity index (χ4v) is 4.46. The zero-order valence-electron chi connectivity index (χ0n) is 21.7. The van der Waals surface area contributed by atoms with Crippen molar-refractivity contribution in [2.45, 2.75) is 0 Å². The molecule has 0 saturated heterocycles. The maximum absolute atomic E-state index is 14.2. The van der Waals surface area contributed by atoms with Crippen LogP contribution in [0.3, 0.4) is 0 Å². The Morgan fingerprint density at radius 2 is 1.79 bits per heavy atom. The topological polar surface area (TPSA) is 105 Å². The van der Waals surface area contributed by atoms with E-state index in [1.165, 1.54) is 19.2 Å². The number of hydrogen-bond acceptors (Lipinski definition) is 7. The molecule has 0 aliphatic carbocycles. The van der Waals surface area contributed by atoms with Crippen molar-refractivity contribution in [3.63, 3.8) is 0 Å². The standard InChI is InChI=1S/C29H26FN7O2/c1-37(2)8-9-39-21-12-18(15-31-16-21)23-4-5-25-28(34-23)29(36-35-25)26-14-22-24(33-26)6-7-32-27(22)17-10-19(30)13-20(11-17)38-3/h4-7,10-16,33H,8-9H2,1-3H3,(H,35,36). The highest BCUT2D eigenvalue weighted by atomic mass is 19.1. The molecular weight excluding hydrogens is 497 g/mol. The summed E-state index contributed by atoms with van der Waals surface area (Å²) in [5.41, 5.74) is 6.63. The molecule has 0 aliphatic heterocycles. The van der Waals surface area contributed by atoms with E-state index in [4.69, 9.17) is 14.5 Å². The molecule has 0 aliphatic rings. The van der Waals surface area contributed by atoms with Crippen molar-refractivity contribution >= 4 is 21.9 Å². The summed E-state index contributed by atoms with van der Waals surface area (Å²) in [5, 5.41) is 8.45. The minimum atomic E-state index is -0.393. The third-order valence-corrected chi connectivity index (χ3v) is 6.41. The van der Waals surface area contributed by atoms with E-state index in [1.54, 1.807) is 24.7 Å². The van der Waals surface area contributed by atoms with E-state index in [9.17, 15) is 4.39 Å². The van der Waals surface area contributed by atoms with Crippen molar-refractivity contribution in [1.82, 2.24) is 35.0 Å². The number of benzene rings is 1. The minimum Gasteiger partial charge on any atom is -0.497 e. The lowest BCUT2D eigenvalue weighted by molar-refractivity contribution is 0.261. The fourth-order valence-electron chi connectivity index (χ4n) is 4.46. The summed E-state index contributed by atoms with van der Waals surface area (Å²) < 4.78 is 25.4. The number of aromatic amines is 2. The van der Waals surface area contributed by atoms with Crippen LogP contribution < -0.4 is 9.47 Å². The van der Waals surface area contributed by atoms with E-state index in [2.05, 4.69) is 30.0 Å². The summed E-state index contributed by atoms with van der Waals surface area (Å²) >= 11 is 0. The minimum absolute atomic E-state index is 0.393. The second-order valence-corrected chi connectivity index (χ2v) is 9.41. The van der Waals surface area contributed by atoms with Gasteiger partial charge in [-0.25, -0.2) is 9.37 Å². The highest BCUT2D eigenvalue weighted by molar-refractivity contribution is 5.99. The Bertz CT molecular complexity index is 1790. The Hall–Kier alpha value is -4.83. The van der Waals surface area contributed by atoms with Gasteiger partial charge in [-0.2, -0.15) is 5.10 Å². The zero-order chi connectivity index (χ0) is 26.9. The number of fused-ring (bicyclic) bond motifs is 2. The second-order valence-electron chi connectivity index (χ2n) is 9.41. The van der Waals surface area contributed by atoms with Gasteiger partial charge in [-0.05, 0) is 56.6 Å². The first-order chi connectivity index (χ1) is 19.0. The molecule has 6 aromatic rings. The molecule has 0 radical (unpaired) electrons. The average Bonchev–Trinajstić information content (AvgIpc) is 3.56. The van der Waals surface area contributed by atoms with Gasteiger partial charge in [0.1, 0.15) is 35.1 Å². The van der Waals surface area contributed by atoms with Gasteiger partial charge in [-0.15, -0.1) is 0 Å². The molecule has 39 heavy (non-hydrogen) atoms. The molecule has 0 spiro atoms. The van der Waals surface area contributed by atoms with Crippen LogP contribution in [-0.2, 0) is 0 Å². The van der Waals surface area contributed by atoms with Crippen molar-refractivity contribution in [3.05, 3.63) is 72.9 Å². The largest absolute Gasteiger partial charge is 0.497 e. The number of methoxy groups -OCH3 is 1. The molecule has 0 bridgehead atoms. The highest BCUT2D eigenvalue weighted by Gasteiger charge is 2.17. The van der Waals surface area contributed by atoms with E-state index in [1.807, 2.05) is 44.4 Å². The predicted molar refractivity (Wildman–Crippen MR) is 148 cm³/mol. The van der Waals surface area contributed by atoms with E-state index >= 15 is 0 Å². The molecule has 6 rings (SSSR count). The van der Waals surface area contributed by atoms with E-state index in [0.29, 0.717) is 40.6 Å². The molecular formula is C29H26FN7O2. The Balaban J connectivity index is 1.38. The molecule has 5 aromatic heterocycles. The lowest BCUT2D eigenvalue weighted by Gasteiger charge is -2.11. The van der Waals surface area contributed by atoms with Crippen molar-refractivity contribution in [2.75, 3.05) is 34.4 Å². The summed E-state index contributed by atoms with van der Waals surface area (Å²) in [4.78, 5) is 19.3. The number of ether oxygens (including phenoxy) is 2. The van der Waals surface area contributed by atoms with Gasteiger partial charge in [0.15, 0.2) is 0 Å². The molecule has 0 amide bonds. The second kappa shape index (κ2) is 10.1. The Morgan fingerprint density at radius 3 is 2.64 bits per heavy atom. The van der Waals surface area contributed by atoms with Crippen LogP contribution in [0.25, 0.3) is 55.8 Å². The molecule has 0 unspecified atom stereocenters. The quantitative estimate of drug-likeness (QED) is 0.278. The Morgan fingerprint density at radius 1 is 0.923 bits per heavy atom. The molecule has 2 N–H and O–H groups in total. The molecule has 5 heterocycles. The summed E-state index contributed by atoms with van der Waals surface area (Å²) in [6.07, 6.45) is 5.15. The molecule has 0 atom stereocenters. The fraction of sp³-hybridized carbons (Fsp3) is 0.172. The number of halogens is 1. The number of aromatic nitrogens is 6. The van der Waals surface area contributed by atoms with Crippen LogP contribution in [0.4, 0.5) is 4.39 Å². The third-order valence-electron chi connectivity index (χ3n) is 6.41. The van der Waals surface area contributed by atoms with Gasteiger partial charge in [-0.1, -0.05) is 0 Å². The number of H-pyrrole nitrogens is 2. The molecule has 10 heteroatoms. The first-order valence-corrected chi connectivity index (χ1v) is 12.4. The summed E-state index contributed by atoms with van der Waals surface area (Å²) in [6.45, 7) is 1.37. The van der Waals surface area contributed by atoms with E-state index in [0.717, 1.165) is 39.9 Å². The first kappa shape index (κ1) is 24.5. The Labute approximate surface area is 223 Å². The van der Waals surface area contributed by atoms with Crippen LogP contribution in [0.15, 0.2) is 67.1 Å². The number of pyridine rings is 3. The van der Waals surface area contributed by atoms with Crippen molar-refractivity contribution in [3.8, 4) is 45.4 Å². The number of nitrogens with one attached hydrogen (secondary N) is 2. The molecule has 196 valence electrons.